The summed E-state index contributed by atoms with van der Waals surface area (Å²) in [6.07, 6.45) is -0.572. The maximum atomic E-state index is 12.5. The molecule has 37 heavy (non-hydrogen) atoms. The summed E-state index contributed by atoms with van der Waals surface area (Å²) in [4.78, 5) is 25.8. The zero-order valence-corrected chi connectivity index (χ0v) is 22.4. The molecule has 0 aliphatic heterocycles. The number of nitrogens with one attached hydrogen (secondary N) is 1. The van der Waals surface area contributed by atoms with E-state index in [-0.39, 0.29) is 19.0 Å². The van der Waals surface area contributed by atoms with Crippen molar-refractivity contribution < 1.29 is 23.8 Å². The molecular formula is C29H33ClN2O5. The highest BCUT2D eigenvalue weighted by Crippen LogP contribution is 2.38. The van der Waals surface area contributed by atoms with Gasteiger partial charge in [0.05, 0.1) is 5.02 Å². The van der Waals surface area contributed by atoms with Crippen molar-refractivity contribution in [2.75, 3.05) is 13.6 Å². The molecular weight excluding hydrogens is 492 g/mol. The number of halogens is 1. The Morgan fingerprint density at radius 2 is 1.43 bits per heavy atom. The topological polar surface area (TPSA) is 77.1 Å². The van der Waals surface area contributed by atoms with Crippen LogP contribution >= 0.6 is 11.6 Å². The minimum atomic E-state index is -0.643. The van der Waals surface area contributed by atoms with Gasteiger partial charge in [0.25, 0.3) is 0 Å². The molecule has 2 amide bonds. The van der Waals surface area contributed by atoms with Crippen LogP contribution in [0.4, 0.5) is 4.79 Å². The predicted octanol–water partition coefficient (Wildman–Crippen LogP) is 5.98. The zero-order valence-electron chi connectivity index (χ0n) is 21.6. The number of carbonyl (C=O) groups excluding carboxylic acids is 2. The summed E-state index contributed by atoms with van der Waals surface area (Å²) in [6, 6.07) is 23.1. The number of hydrogen-bond donors (Lipinski definition) is 1. The monoisotopic (exact) mass is 524 g/mol. The third-order valence-electron chi connectivity index (χ3n) is 5.17. The van der Waals surface area contributed by atoms with Crippen molar-refractivity contribution >= 4 is 23.6 Å². The van der Waals surface area contributed by atoms with E-state index in [9.17, 15) is 9.59 Å². The molecule has 3 aromatic carbocycles. The van der Waals surface area contributed by atoms with E-state index in [2.05, 4.69) is 5.32 Å². The Morgan fingerprint density at radius 1 is 0.865 bits per heavy atom. The van der Waals surface area contributed by atoms with Crippen LogP contribution < -0.4 is 14.8 Å². The summed E-state index contributed by atoms with van der Waals surface area (Å²) in [5, 5.41) is 3.15. The van der Waals surface area contributed by atoms with Gasteiger partial charge in [0.15, 0.2) is 11.5 Å². The smallest absolute Gasteiger partial charge is 0.410 e. The molecule has 0 heterocycles. The lowest BCUT2D eigenvalue weighted by molar-refractivity contribution is -0.122. The van der Waals surface area contributed by atoms with Gasteiger partial charge in [-0.3, -0.25) is 4.79 Å². The minimum Gasteiger partial charge on any atom is -0.485 e. The Morgan fingerprint density at radius 3 is 2.00 bits per heavy atom. The van der Waals surface area contributed by atoms with Gasteiger partial charge in [0.1, 0.15) is 25.4 Å². The second-order valence-electron chi connectivity index (χ2n) is 9.53. The van der Waals surface area contributed by atoms with Crippen LogP contribution in [0, 0.1) is 0 Å². The summed E-state index contributed by atoms with van der Waals surface area (Å²) in [7, 11) is 1.51. The Kier molecular flexibility index (Phi) is 9.80. The molecule has 1 N–H and O–H groups in total. The van der Waals surface area contributed by atoms with Gasteiger partial charge in [-0.1, -0.05) is 78.3 Å². The van der Waals surface area contributed by atoms with Gasteiger partial charge in [-0.15, -0.1) is 0 Å². The fourth-order valence-electron chi connectivity index (χ4n) is 3.30. The number of amides is 2. The first kappa shape index (κ1) is 27.9. The maximum Gasteiger partial charge on any atom is 0.410 e. The standard InChI is InChI=1S/C29H33ClN2O5/c1-29(2,3)37-28(34)32(4)18-25(33)31-17-23-15-16-24(35-19-21-11-7-5-8-12-21)27(26(23)30)36-20-22-13-9-6-10-14-22/h5-16H,17-20H2,1-4H3,(H,31,33). The lowest BCUT2D eigenvalue weighted by atomic mass is 10.2. The Hall–Kier alpha value is -3.71. The van der Waals surface area contributed by atoms with E-state index in [1.165, 1.54) is 11.9 Å². The SMILES string of the molecule is CN(CC(=O)NCc1ccc(OCc2ccccc2)c(OCc2ccccc2)c1Cl)C(=O)OC(C)(C)C. The Labute approximate surface area is 223 Å². The van der Waals surface area contributed by atoms with Crippen molar-refractivity contribution in [2.45, 2.75) is 46.1 Å². The van der Waals surface area contributed by atoms with E-state index >= 15 is 0 Å². The van der Waals surface area contributed by atoms with Crippen LogP contribution in [0.5, 0.6) is 11.5 Å². The van der Waals surface area contributed by atoms with Crippen molar-refractivity contribution in [1.82, 2.24) is 10.2 Å². The number of likely N-dealkylation sites (N-methyl/N-ethyl adjacent to an activating group) is 1. The first-order valence-corrected chi connectivity index (χ1v) is 12.4. The Bertz CT molecular complexity index is 1180. The number of rotatable bonds is 10. The van der Waals surface area contributed by atoms with E-state index < -0.39 is 11.7 Å². The highest BCUT2D eigenvalue weighted by molar-refractivity contribution is 6.33. The van der Waals surface area contributed by atoms with E-state index in [0.717, 1.165) is 11.1 Å². The number of nitrogens with zero attached hydrogens (tertiary/aromatic N) is 1. The van der Waals surface area contributed by atoms with Gasteiger partial charge in [-0.05, 0) is 43.5 Å². The molecule has 0 saturated heterocycles. The third kappa shape index (κ3) is 9.03. The van der Waals surface area contributed by atoms with E-state index in [1.807, 2.05) is 60.7 Å². The van der Waals surface area contributed by atoms with Crippen molar-refractivity contribution in [3.05, 3.63) is 94.5 Å². The normalized spacial score (nSPS) is 10.9. The van der Waals surface area contributed by atoms with E-state index in [0.29, 0.717) is 35.3 Å². The number of ether oxygens (including phenoxy) is 3. The van der Waals surface area contributed by atoms with Crippen molar-refractivity contribution in [2.24, 2.45) is 0 Å². The summed E-state index contributed by atoms with van der Waals surface area (Å²) in [6.45, 7) is 5.97. The predicted molar refractivity (Wildman–Crippen MR) is 144 cm³/mol. The first-order valence-electron chi connectivity index (χ1n) is 12.0. The molecule has 196 valence electrons. The number of benzene rings is 3. The summed E-state index contributed by atoms with van der Waals surface area (Å²) < 4.78 is 17.4. The van der Waals surface area contributed by atoms with Crippen LogP contribution in [0.15, 0.2) is 72.8 Å². The van der Waals surface area contributed by atoms with Crippen LogP contribution in [-0.2, 0) is 29.3 Å². The molecule has 0 aliphatic rings. The maximum absolute atomic E-state index is 12.5. The molecule has 0 spiro atoms. The van der Waals surface area contributed by atoms with Gasteiger partial charge >= 0.3 is 6.09 Å². The lowest BCUT2D eigenvalue weighted by Gasteiger charge is -2.24. The quantitative estimate of drug-likeness (QED) is 0.353. The first-order chi connectivity index (χ1) is 17.6. The Balaban J connectivity index is 1.69. The zero-order chi connectivity index (χ0) is 26.8. The lowest BCUT2D eigenvalue weighted by Crippen LogP contribution is -2.40. The summed E-state index contributed by atoms with van der Waals surface area (Å²) in [5.74, 6) is 0.559. The van der Waals surface area contributed by atoms with Crippen LogP contribution in [-0.4, -0.2) is 36.1 Å². The average molecular weight is 525 g/mol. The number of hydrogen-bond acceptors (Lipinski definition) is 5. The molecule has 0 bridgehead atoms. The molecule has 3 aromatic rings. The van der Waals surface area contributed by atoms with Gasteiger partial charge in [0.2, 0.25) is 5.91 Å². The van der Waals surface area contributed by atoms with Gasteiger partial charge < -0.3 is 24.4 Å². The molecule has 8 heteroatoms. The summed E-state index contributed by atoms with van der Waals surface area (Å²) in [5.41, 5.74) is 2.01. The second-order valence-corrected chi connectivity index (χ2v) is 9.91. The highest BCUT2D eigenvalue weighted by Gasteiger charge is 2.21. The molecule has 3 rings (SSSR count). The third-order valence-corrected chi connectivity index (χ3v) is 5.58. The minimum absolute atomic E-state index is 0.151. The van der Waals surface area contributed by atoms with Crippen LogP contribution in [0.2, 0.25) is 5.02 Å². The molecule has 0 fully saturated rings. The van der Waals surface area contributed by atoms with Crippen molar-refractivity contribution in [1.29, 1.82) is 0 Å². The molecule has 0 aromatic heterocycles. The molecule has 0 aliphatic carbocycles. The fraction of sp³-hybridized carbons (Fsp3) is 0.310. The average Bonchev–Trinajstić information content (AvgIpc) is 2.86. The van der Waals surface area contributed by atoms with Crippen molar-refractivity contribution in [3.8, 4) is 11.5 Å². The van der Waals surface area contributed by atoms with Gasteiger partial charge in [-0.2, -0.15) is 0 Å². The van der Waals surface area contributed by atoms with Crippen LogP contribution in [0.3, 0.4) is 0 Å². The molecule has 7 nitrogen and oxygen atoms in total. The van der Waals surface area contributed by atoms with Gasteiger partial charge in [0, 0.05) is 13.6 Å². The molecule has 0 unspecified atom stereocenters. The van der Waals surface area contributed by atoms with E-state index in [1.54, 1.807) is 32.9 Å². The fourth-order valence-corrected chi connectivity index (χ4v) is 3.58. The highest BCUT2D eigenvalue weighted by atomic mass is 35.5. The summed E-state index contributed by atoms with van der Waals surface area (Å²) >= 11 is 6.73. The molecule has 0 saturated carbocycles. The van der Waals surface area contributed by atoms with Gasteiger partial charge in [-0.25, -0.2) is 4.79 Å². The molecule has 0 atom stereocenters. The largest absolute Gasteiger partial charge is 0.485 e. The second kappa shape index (κ2) is 13.0. The van der Waals surface area contributed by atoms with Crippen molar-refractivity contribution in [3.63, 3.8) is 0 Å². The molecule has 0 radical (unpaired) electrons. The van der Waals surface area contributed by atoms with E-state index in [4.69, 9.17) is 25.8 Å². The van der Waals surface area contributed by atoms with Crippen LogP contribution in [0.1, 0.15) is 37.5 Å². The number of carbonyl (C=O) groups is 2. The van der Waals surface area contributed by atoms with Crippen LogP contribution in [0.25, 0.3) is 0 Å².